The highest BCUT2D eigenvalue weighted by molar-refractivity contribution is 7.89. The summed E-state index contributed by atoms with van der Waals surface area (Å²) in [5, 5.41) is 13.8. The zero-order valence-electron chi connectivity index (χ0n) is 19.4. The number of amides is 1. The Kier molecular flexibility index (Phi) is 8.11. The molecular weight excluding hydrogens is 462 g/mol. The molecule has 1 fully saturated rings. The quantitative estimate of drug-likeness (QED) is 0.416. The Bertz CT molecular complexity index is 1160. The van der Waals surface area contributed by atoms with E-state index >= 15 is 0 Å². The minimum atomic E-state index is -4.05. The minimum Gasteiger partial charge on any atom is -0.493 e. The zero-order chi connectivity index (χ0) is 24.9. The third-order valence-corrected chi connectivity index (χ3v) is 7.84. The van der Waals surface area contributed by atoms with Crippen molar-refractivity contribution in [3.8, 4) is 11.5 Å². The molecule has 34 heavy (non-hydrogen) atoms. The lowest BCUT2D eigenvalue weighted by molar-refractivity contribution is -0.384. The fourth-order valence-electron chi connectivity index (χ4n) is 4.08. The van der Waals surface area contributed by atoms with E-state index < -0.39 is 27.4 Å². The summed E-state index contributed by atoms with van der Waals surface area (Å²) in [4.78, 5) is 23.5. The summed E-state index contributed by atoms with van der Waals surface area (Å²) in [6.07, 6.45) is 4.05. The number of anilines is 1. The van der Waals surface area contributed by atoms with E-state index in [1.54, 1.807) is 6.92 Å². The fraction of sp³-hybridized carbons (Fsp3) is 0.435. The van der Waals surface area contributed by atoms with Crippen molar-refractivity contribution in [3.63, 3.8) is 0 Å². The number of carbonyl (C=O) groups excluding carboxylic acids is 1. The Labute approximate surface area is 199 Å². The van der Waals surface area contributed by atoms with E-state index in [0.29, 0.717) is 24.2 Å². The van der Waals surface area contributed by atoms with Gasteiger partial charge >= 0.3 is 0 Å². The molecule has 0 unspecified atom stereocenters. The first-order valence-electron chi connectivity index (χ1n) is 11.0. The zero-order valence-corrected chi connectivity index (χ0v) is 20.3. The smallest absolute Gasteiger partial charge is 0.271 e. The van der Waals surface area contributed by atoms with Gasteiger partial charge in [-0.1, -0.05) is 25.3 Å². The average Bonchev–Trinajstić information content (AvgIpc) is 2.83. The van der Waals surface area contributed by atoms with Crippen LogP contribution in [0, 0.1) is 17.0 Å². The second kappa shape index (κ2) is 10.8. The molecule has 0 aromatic heterocycles. The first-order valence-corrected chi connectivity index (χ1v) is 12.4. The number of non-ortho nitro benzene ring substituents is 1. The van der Waals surface area contributed by atoms with E-state index in [1.165, 1.54) is 54.9 Å². The number of benzene rings is 2. The van der Waals surface area contributed by atoms with Crippen LogP contribution in [0.15, 0.2) is 41.3 Å². The predicted octanol–water partition coefficient (Wildman–Crippen LogP) is 3.88. The standard InChI is InChI=1S/C23H29N3O7S/c1-16-9-10-18(26(28)29)13-20(16)24-23(27)15-25(17-7-5-4-6-8-17)34(30,31)19-11-12-21(32-2)22(14-19)33-3/h9-14,17H,4-8,15H2,1-3H3,(H,24,27). The van der Waals surface area contributed by atoms with Crippen molar-refractivity contribution in [1.29, 1.82) is 0 Å². The Morgan fingerprint density at radius 1 is 1.09 bits per heavy atom. The van der Waals surface area contributed by atoms with Gasteiger partial charge in [0.1, 0.15) is 0 Å². The number of aryl methyl sites for hydroxylation is 1. The summed E-state index contributed by atoms with van der Waals surface area (Å²) in [5.74, 6) is 0.0895. The maximum atomic E-state index is 13.7. The van der Waals surface area contributed by atoms with Gasteiger partial charge in [0, 0.05) is 24.2 Å². The maximum absolute atomic E-state index is 13.7. The molecule has 10 nitrogen and oxygen atoms in total. The van der Waals surface area contributed by atoms with Crippen LogP contribution in [0.3, 0.4) is 0 Å². The van der Waals surface area contributed by atoms with Crippen molar-refractivity contribution in [1.82, 2.24) is 4.31 Å². The number of hydrogen-bond acceptors (Lipinski definition) is 7. The van der Waals surface area contributed by atoms with Crippen LogP contribution >= 0.6 is 0 Å². The van der Waals surface area contributed by atoms with Gasteiger partial charge in [-0.25, -0.2) is 8.42 Å². The van der Waals surface area contributed by atoms with Crippen LogP contribution in [0.2, 0.25) is 0 Å². The summed E-state index contributed by atoms with van der Waals surface area (Å²) < 4.78 is 39.0. The van der Waals surface area contributed by atoms with E-state index in [4.69, 9.17) is 9.47 Å². The molecule has 2 aromatic rings. The van der Waals surface area contributed by atoms with Gasteiger partial charge in [-0.15, -0.1) is 0 Å². The number of nitro benzene ring substituents is 1. The Balaban J connectivity index is 1.92. The monoisotopic (exact) mass is 491 g/mol. The van der Waals surface area contributed by atoms with Crippen molar-refractivity contribution in [2.24, 2.45) is 0 Å². The van der Waals surface area contributed by atoms with Crippen molar-refractivity contribution in [2.75, 3.05) is 26.1 Å². The van der Waals surface area contributed by atoms with Crippen LogP contribution in [0.1, 0.15) is 37.7 Å². The highest BCUT2D eigenvalue weighted by atomic mass is 32.2. The van der Waals surface area contributed by atoms with Crippen LogP contribution < -0.4 is 14.8 Å². The number of nitrogens with one attached hydrogen (secondary N) is 1. The summed E-state index contributed by atoms with van der Waals surface area (Å²) in [6.45, 7) is 1.29. The van der Waals surface area contributed by atoms with Gasteiger partial charge in [-0.05, 0) is 37.5 Å². The molecule has 1 N–H and O–H groups in total. The van der Waals surface area contributed by atoms with Crippen LogP contribution in [0.5, 0.6) is 11.5 Å². The summed E-state index contributed by atoms with van der Waals surface area (Å²) in [7, 11) is -1.17. The van der Waals surface area contributed by atoms with E-state index in [9.17, 15) is 23.3 Å². The number of rotatable bonds is 9. The number of methoxy groups -OCH3 is 2. The first-order chi connectivity index (χ1) is 16.2. The van der Waals surface area contributed by atoms with E-state index in [2.05, 4.69) is 5.32 Å². The lowest BCUT2D eigenvalue weighted by Gasteiger charge is -2.33. The Morgan fingerprint density at radius 3 is 2.38 bits per heavy atom. The van der Waals surface area contributed by atoms with Gasteiger partial charge in [-0.2, -0.15) is 4.31 Å². The molecule has 0 aliphatic heterocycles. The number of nitrogens with zero attached hydrogens (tertiary/aromatic N) is 2. The van der Waals surface area contributed by atoms with E-state index in [-0.39, 0.29) is 28.1 Å². The number of carbonyl (C=O) groups is 1. The molecule has 2 aromatic carbocycles. The lowest BCUT2D eigenvalue weighted by atomic mass is 9.95. The average molecular weight is 492 g/mol. The molecule has 11 heteroatoms. The largest absolute Gasteiger partial charge is 0.493 e. The van der Waals surface area contributed by atoms with Gasteiger partial charge in [0.05, 0.1) is 36.3 Å². The molecule has 0 spiro atoms. The third kappa shape index (κ3) is 5.65. The second-order valence-corrected chi connectivity index (χ2v) is 10.1. The van der Waals surface area contributed by atoms with Gasteiger partial charge in [0.25, 0.3) is 5.69 Å². The molecule has 0 heterocycles. The summed E-state index contributed by atoms with van der Waals surface area (Å²) >= 11 is 0. The van der Waals surface area contributed by atoms with Crippen LogP contribution in [0.4, 0.5) is 11.4 Å². The van der Waals surface area contributed by atoms with Crippen molar-refractivity contribution >= 4 is 27.3 Å². The molecule has 0 atom stereocenters. The minimum absolute atomic E-state index is 0.00458. The fourth-order valence-corrected chi connectivity index (χ4v) is 5.74. The predicted molar refractivity (Wildman–Crippen MR) is 127 cm³/mol. The molecule has 0 saturated heterocycles. The highest BCUT2D eigenvalue weighted by Crippen LogP contribution is 2.33. The number of sulfonamides is 1. The van der Waals surface area contributed by atoms with Crippen molar-refractivity contribution in [2.45, 2.75) is 50.0 Å². The normalized spacial score (nSPS) is 14.6. The van der Waals surface area contributed by atoms with Gasteiger partial charge in [0.2, 0.25) is 15.9 Å². The molecule has 1 aliphatic carbocycles. The molecule has 3 rings (SSSR count). The van der Waals surface area contributed by atoms with Crippen LogP contribution in [-0.2, 0) is 14.8 Å². The van der Waals surface area contributed by atoms with Crippen molar-refractivity contribution < 1.29 is 27.6 Å². The number of hydrogen-bond donors (Lipinski definition) is 1. The summed E-state index contributed by atoms with van der Waals surface area (Å²) in [5.41, 5.74) is 0.736. The molecule has 1 aliphatic rings. The van der Waals surface area contributed by atoms with E-state index in [1.807, 2.05) is 0 Å². The topological polar surface area (TPSA) is 128 Å². The first kappa shape index (κ1) is 25.4. The molecule has 0 radical (unpaired) electrons. The Morgan fingerprint density at radius 2 is 1.76 bits per heavy atom. The van der Waals surface area contributed by atoms with Crippen molar-refractivity contribution in [3.05, 3.63) is 52.1 Å². The molecule has 1 amide bonds. The van der Waals surface area contributed by atoms with Crippen LogP contribution in [-0.4, -0.2) is 50.4 Å². The second-order valence-electron chi connectivity index (χ2n) is 8.16. The van der Waals surface area contributed by atoms with Gasteiger partial charge in [0.15, 0.2) is 11.5 Å². The highest BCUT2D eigenvalue weighted by Gasteiger charge is 2.34. The third-order valence-electron chi connectivity index (χ3n) is 5.95. The van der Waals surface area contributed by atoms with Gasteiger partial charge < -0.3 is 14.8 Å². The lowest BCUT2D eigenvalue weighted by Crippen LogP contribution is -2.45. The maximum Gasteiger partial charge on any atom is 0.271 e. The van der Waals surface area contributed by atoms with Gasteiger partial charge in [-0.3, -0.25) is 14.9 Å². The number of ether oxygens (including phenoxy) is 2. The van der Waals surface area contributed by atoms with Crippen LogP contribution in [0.25, 0.3) is 0 Å². The summed E-state index contributed by atoms with van der Waals surface area (Å²) in [6, 6.07) is 8.14. The molecule has 184 valence electrons. The van der Waals surface area contributed by atoms with E-state index in [0.717, 1.165) is 19.3 Å². The SMILES string of the molecule is COc1ccc(S(=O)(=O)N(CC(=O)Nc2cc([N+](=O)[O-])ccc2C)C2CCCCC2)cc1OC. The molecule has 0 bridgehead atoms. The number of nitro groups is 1. The molecule has 1 saturated carbocycles. The molecular formula is C23H29N3O7S. The Hall–Kier alpha value is -3.18.